The zero-order valence-electron chi connectivity index (χ0n) is 13.1. The molecule has 1 aliphatic rings. The highest BCUT2D eigenvalue weighted by atomic mass is 16.5. The summed E-state index contributed by atoms with van der Waals surface area (Å²) in [6.45, 7) is 1.14. The zero-order chi connectivity index (χ0) is 16.2. The van der Waals surface area contributed by atoms with Gasteiger partial charge in [0, 0.05) is 11.8 Å². The third-order valence-electron chi connectivity index (χ3n) is 4.09. The van der Waals surface area contributed by atoms with Crippen molar-refractivity contribution in [3.8, 4) is 17.1 Å². The fourth-order valence-corrected chi connectivity index (χ4v) is 2.99. The Labute approximate surface area is 135 Å². The molecule has 0 spiro atoms. The molecule has 2 N–H and O–H groups in total. The van der Waals surface area contributed by atoms with E-state index in [9.17, 15) is 4.79 Å². The van der Waals surface area contributed by atoms with E-state index < -0.39 is 0 Å². The van der Waals surface area contributed by atoms with Crippen LogP contribution in [0, 0.1) is 0 Å². The van der Waals surface area contributed by atoms with Crippen LogP contribution in [0.25, 0.3) is 11.4 Å². The number of benzene rings is 1. The van der Waals surface area contributed by atoms with E-state index in [1.165, 1.54) is 0 Å². The second-order valence-electron chi connectivity index (χ2n) is 5.63. The van der Waals surface area contributed by atoms with Crippen molar-refractivity contribution in [3.63, 3.8) is 0 Å². The minimum atomic E-state index is -0.304. The van der Waals surface area contributed by atoms with Gasteiger partial charge in [0.15, 0.2) is 5.82 Å². The molecule has 0 saturated carbocycles. The lowest BCUT2D eigenvalue weighted by molar-refractivity contribution is -0.119. The van der Waals surface area contributed by atoms with Crippen LogP contribution in [0.15, 0.2) is 36.5 Å². The van der Waals surface area contributed by atoms with E-state index in [1.54, 1.807) is 13.3 Å². The van der Waals surface area contributed by atoms with Gasteiger partial charge in [-0.2, -0.15) is 0 Å². The molecule has 2 heterocycles. The number of rotatable bonds is 5. The minimum Gasteiger partial charge on any atom is -0.497 e. The molecule has 0 aliphatic carbocycles. The van der Waals surface area contributed by atoms with Crippen LogP contribution in [0.4, 0.5) is 0 Å². The highest BCUT2D eigenvalue weighted by molar-refractivity contribution is 5.76. The predicted octanol–water partition coefficient (Wildman–Crippen LogP) is 1.77. The molecule has 2 aromatic rings. The third-order valence-corrected chi connectivity index (χ3v) is 4.09. The summed E-state index contributed by atoms with van der Waals surface area (Å²) in [6, 6.07) is 9.70. The quantitative estimate of drug-likeness (QED) is 0.910. The largest absolute Gasteiger partial charge is 0.497 e. The Balaban J connectivity index is 1.85. The number of hydrogen-bond donors (Lipinski definition) is 1. The van der Waals surface area contributed by atoms with E-state index >= 15 is 0 Å². The van der Waals surface area contributed by atoms with E-state index in [1.807, 2.05) is 30.3 Å². The summed E-state index contributed by atoms with van der Waals surface area (Å²) in [5.74, 6) is 1.17. The molecule has 0 unspecified atom stereocenters. The molecular formula is C17H20N4O2. The number of hydrogen-bond acceptors (Lipinski definition) is 5. The summed E-state index contributed by atoms with van der Waals surface area (Å²) in [5.41, 5.74) is 7.21. The Morgan fingerprint density at radius 3 is 2.83 bits per heavy atom. The van der Waals surface area contributed by atoms with Gasteiger partial charge in [-0.3, -0.25) is 9.69 Å². The summed E-state index contributed by atoms with van der Waals surface area (Å²) in [7, 11) is 1.64. The Kier molecular flexibility index (Phi) is 4.52. The fraction of sp³-hybridized carbons (Fsp3) is 0.353. The Morgan fingerprint density at radius 1 is 1.35 bits per heavy atom. The highest BCUT2D eigenvalue weighted by Gasteiger charge is 2.28. The second-order valence-corrected chi connectivity index (χ2v) is 5.63. The molecule has 6 nitrogen and oxygen atoms in total. The van der Waals surface area contributed by atoms with Crippen LogP contribution in [-0.2, 0) is 4.79 Å². The van der Waals surface area contributed by atoms with Crippen molar-refractivity contribution in [3.05, 3.63) is 42.2 Å². The van der Waals surface area contributed by atoms with E-state index in [0.29, 0.717) is 5.82 Å². The molecule has 23 heavy (non-hydrogen) atoms. The van der Waals surface area contributed by atoms with Crippen molar-refractivity contribution in [2.75, 3.05) is 20.2 Å². The monoisotopic (exact) mass is 312 g/mol. The molecule has 0 radical (unpaired) electrons. The zero-order valence-corrected chi connectivity index (χ0v) is 13.1. The molecular weight excluding hydrogens is 292 g/mol. The van der Waals surface area contributed by atoms with Crippen LogP contribution < -0.4 is 10.5 Å². The predicted molar refractivity (Wildman–Crippen MR) is 86.8 cm³/mol. The van der Waals surface area contributed by atoms with Crippen LogP contribution in [0.5, 0.6) is 5.75 Å². The van der Waals surface area contributed by atoms with Gasteiger partial charge in [0.2, 0.25) is 5.91 Å². The lowest BCUT2D eigenvalue weighted by atomic mass is 10.1. The average molecular weight is 312 g/mol. The van der Waals surface area contributed by atoms with Gasteiger partial charge in [0.1, 0.15) is 5.75 Å². The van der Waals surface area contributed by atoms with E-state index in [-0.39, 0.29) is 18.5 Å². The molecule has 1 fully saturated rings. The van der Waals surface area contributed by atoms with Gasteiger partial charge >= 0.3 is 0 Å². The normalized spacial score (nSPS) is 18.0. The number of carbonyl (C=O) groups is 1. The molecule has 1 aromatic carbocycles. The van der Waals surface area contributed by atoms with Gasteiger partial charge in [-0.05, 0) is 49.7 Å². The summed E-state index contributed by atoms with van der Waals surface area (Å²) in [4.78, 5) is 22.4. The Morgan fingerprint density at radius 2 is 2.13 bits per heavy atom. The Bertz CT molecular complexity index is 687. The number of likely N-dealkylation sites (tertiary alicyclic amines) is 1. The Hall–Kier alpha value is -2.47. The number of primary amides is 1. The maximum Gasteiger partial charge on any atom is 0.231 e. The van der Waals surface area contributed by atoms with Crippen LogP contribution in [-0.4, -0.2) is 41.0 Å². The molecule has 1 saturated heterocycles. The van der Waals surface area contributed by atoms with Crippen molar-refractivity contribution in [1.29, 1.82) is 0 Å². The van der Waals surface area contributed by atoms with Crippen molar-refractivity contribution >= 4 is 5.91 Å². The number of nitrogens with zero attached hydrogens (tertiary/aromatic N) is 3. The molecule has 6 heteroatoms. The van der Waals surface area contributed by atoms with E-state index in [0.717, 1.165) is 36.4 Å². The summed E-state index contributed by atoms with van der Waals surface area (Å²) >= 11 is 0. The SMILES string of the molecule is COc1ccc(-c2nccc([C@@H]3CCCN3CC(N)=O)n2)cc1. The lowest BCUT2D eigenvalue weighted by Gasteiger charge is -2.22. The van der Waals surface area contributed by atoms with Gasteiger partial charge in [0.25, 0.3) is 0 Å². The standard InChI is InChI=1S/C17H20N4O2/c1-23-13-6-4-12(5-7-13)17-19-9-8-14(20-17)15-3-2-10-21(15)11-16(18)22/h4-9,15H,2-3,10-11H2,1H3,(H2,18,22)/t15-/m0/s1. The van der Waals surface area contributed by atoms with Crippen molar-refractivity contribution < 1.29 is 9.53 Å². The van der Waals surface area contributed by atoms with Crippen LogP contribution >= 0.6 is 0 Å². The first kappa shape index (κ1) is 15.4. The summed E-state index contributed by atoms with van der Waals surface area (Å²) < 4.78 is 5.17. The molecule has 3 rings (SSSR count). The lowest BCUT2D eigenvalue weighted by Crippen LogP contribution is -2.33. The number of aromatic nitrogens is 2. The van der Waals surface area contributed by atoms with Gasteiger partial charge < -0.3 is 10.5 Å². The molecule has 1 aliphatic heterocycles. The number of ether oxygens (including phenoxy) is 1. The molecule has 0 bridgehead atoms. The number of amides is 1. The topological polar surface area (TPSA) is 81.3 Å². The molecule has 1 atom stereocenters. The van der Waals surface area contributed by atoms with Crippen molar-refractivity contribution in [2.45, 2.75) is 18.9 Å². The van der Waals surface area contributed by atoms with Gasteiger partial charge in [0.05, 0.1) is 25.4 Å². The molecule has 120 valence electrons. The number of carbonyl (C=O) groups excluding carboxylic acids is 1. The maximum absolute atomic E-state index is 11.2. The third kappa shape index (κ3) is 3.48. The number of methoxy groups -OCH3 is 1. The first-order valence-electron chi connectivity index (χ1n) is 7.67. The van der Waals surface area contributed by atoms with E-state index in [2.05, 4.69) is 9.88 Å². The highest BCUT2D eigenvalue weighted by Crippen LogP contribution is 2.31. The van der Waals surface area contributed by atoms with Crippen LogP contribution in [0.2, 0.25) is 0 Å². The summed E-state index contributed by atoms with van der Waals surface area (Å²) in [6.07, 6.45) is 3.79. The minimum absolute atomic E-state index is 0.127. The van der Waals surface area contributed by atoms with Crippen LogP contribution in [0.1, 0.15) is 24.6 Å². The van der Waals surface area contributed by atoms with Gasteiger partial charge in [-0.25, -0.2) is 9.97 Å². The molecule has 1 amide bonds. The van der Waals surface area contributed by atoms with Crippen molar-refractivity contribution in [1.82, 2.24) is 14.9 Å². The maximum atomic E-state index is 11.2. The van der Waals surface area contributed by atoms with Gasteiger partial charge in [-0.15, -0.1) is 0 Å². The average Bonchev–Trinajstić information content (AvgIpc) is 3.02. The summed E-state index contributed by atoms with van der Waals surface area (Å²) in [5, 5.41) is 0. The smallest absolute Gasteiger partial charge is 0.231 e. The number of nitrogens with two attached hydrogens (primary N) is 1. The van der Waals surface area contributed by atoms with Gasteiger partial charge in [-0.1, -0.05) is 0 Å². The van der Waals surface area contributed by atoms with Crippen LogP contribution in [0.3, 0.4) is 0 Å². The first-order valence-corrected chi connectivity index (χ1v) is 7.67. The second kappa shape index (κ2) is 6.75. The molecule has 1 aromatic heterocycles. The fourth-order valence-electron chi connectivity index (χ4n) is 2.99. The first-order chi connectivity index (χ1) is 11.2. The van der Waals surface area contributed by atoms with Crippen molar-refractivity contribution in [2.24, 2.45) is 5.73 Å². The van der Waals surface area contributed by atoms with E-state index in [4.69, 9.17) is 15.5 Å².